The highest BCUT2D eigenvalue weighted by Gasteiger charge is 2.28. The number of halogens is 2. The summed E-state index contributed by atoms with van der Waals surface area (Å²) in [6, 6.07) is 9.08. The molecule has 31 heavy (non-hydrogen) atoms. The number of amides is 1. The Morgan fingerprint density at radius 1 is 1.16 bits per heavy atom. The third-order valence-corrected chi connectivity index (χ3v) is 6.53. The van der Waals surface area contributed by atoms with E-state index < -0.39 is 0 Å². The van der Waals surface area contributed by atoms with Gasteiger partial charge in [-0.25, -0.2) is 13.8 Å². The van der Waals surface area contributed by atoms with Gasteiger partial charge in [0.2, 0.25) is 11.1 Å². The molecular formula is C22H19F2N5OS. The summed E-state index contributed by atoms with van der Waals surface area (Å²) in [6.45, 7) is 1.99. The lowest BCUT2D eigenvalue weighted by atomic mass is 9.96. The number of thioether (sulfide) groups is 1. The number of benzene rings is 2. The number of aryl methyl sites for hydroxylation is 2. The normalized spacial score (nSPS) is 16.1. The van der Waals surface area contributed by atoms with Crippen molar-refractivity contribution in [3.63, 3.8) is 0 Å². The third-order valence-electron chi connectivity index (χ3n) is 5.71. The summed E-state index contributed by atoms with van der Waals surface area (Å²) >= 11 is 1.20. The second-order valence-electron chi connectivity index (χ2n) is 7.70. The van der Waals surface area contributed by atoms with Gasteiger partial charge in [-0.15, -0.1) is 10.2 Å². The van der Waals surface area contributed by atoms with Gasteiger partial charge in [0.05, 0.1) is 11.3 Å². The van der Waals surface area contributed by atoms with Crippen molar-refractivity contribution >= 4 is 45.4 Å². The van der Waals surface area contributed by atoms with Crippen LogP contribution in [0.25, 0.3) is 22.1 Å². The highest BCUT2D eigenvalue weighted by atomic mass is 32.2. The van der Waals surface area contributed by atoms with Gasteiger partial charge < -0.3 is 9.47 Å². The van der Waals surface area contributed by atoms with Gasteiger partial charge in [-0.3, -0.25) is 4.79 Å². The molecule has 0 radical (unpaired) electrons. The Morgan fingerprint density at radius 2 is 1.94 bits per heavy atom. The molecule has 1 atom stereocenters. The summed E-state index contributed by atoms with van der Waals surface area (Å²) < 4.78 is 29.1. The van der Waals surface area contributed by atoms with Crippen LogP contribution in [0.1, 0.15) is 18.9 Å². The maximum atomic E-state index is 13.7. The lowest BCUT2D eigenvalue weighted by Gasteiger charge is -2.35. The average molecular weight is 439 g/mol. The summed E-state index contributed by atoms with van der Waals surface area (Å²) in [5, 5.41) is 9.39. The van der Waals surface area contributed by atoms with Crippen LogP contribution in [0.4, 0.5) is 14.5 Å². The lowest BCUT2D eigenvalue weighted by Crippen LogP contribution is -2.43. The Balaban J connectivity index is 1.40. The van der Waals surface area contributed by atoms with E-state index in [0.29, 0.717) is 21.7 Å². The van der Waals surface area contributed by atoms with Crippen molar-refractivity contribution in [3.05, 3.63) is 53.6 Å². The topological polar surface area (TPSA) is 63.9 Å². The van der Waals surface area contributed by atoms with Crippen molar-refractivity contribution in [2.75, 3.05) is 10.7 Å². The second-order valence-corrected chi connectivity index (χ2v) is 8.64. The Morgan fingerprint density at radius 3 is 2.77 bits per heavy atom. The quantitative estimate of drug-likeness (QED) is 0.447. The SMILES string of the molecule is C[C@H]1CCc2cc(F)ccc2N1C(=O)CSc1nnc2c3cc(F)ccc3n(C)c2n1. The van der Waals surface area contributed by atoms with Crippen molar-refractivity contribution < 1.29 is 13.6 Å². The van der Waals surface area contributed by atoms with Crippen molar-refractivity contribution in [3.8, 4) is 0 Å². The fourth-order valence-electron chi connectivity index (χ4n) is 4.17. The van der Waals surface area contributed by atoms with Crippen LogP contribution in [-0.2, 0) is 18.3 Å². The van der Waals surface area contributed by atoms with Crippen LogP contribution in [0.15, 0.2) is 41.6 Å². The number of anilines is 1. The number of hydrogen-bond donors (Lipinski definition) is 0. The molecule has 1 aliphatic rings. The molecule has 0 saturated heterocycles. The van der Waals surface area contributed by atoms with E-state index in [1.54, 1.807) is 17.0 Å². The predicted molar refractivity (Wildman–Crippen MR) is 116 cm³/mol. The van der Waals surface area contributed by atoms with Crippen LogP contribution in [0.5, 0.6) is 0 Å². The number of nitrogens with zero attached hydrogens (tertiary/aromatic N) is 5. The Bertz CT molecular complexity index is 1340. The van der Waals surface area contributed by atoms with Crippen LogP contribution in [0, 0.1) is 11.6 Å². The zero-order valence-corrected chi connectivity index (χ0v) is 17.8. The Hall–Kier alpha value is -3.07. The van der Waals surface area contributed by atoms with E-state index >= 15 is 0 Å². The number of carbonyl (C=O) groups is 1. The minimum absolute atomic E-state index is 0.0284. The van der Waals surface area contributed by atoms with E-state index in [1.807, 2.05) is 18.5 Å². The third kappa shape index (κ3) is 3.42. The molecule has 9 heteroatoms. The van der Waals surface area contributed by atoms with Crippen LogP contribution < -0.4 is 4.90 Å². The first-order valence-corrected chi connectivity index (χ1v) is 10.9. The molecular weight excluding hydrogens is 420 g/mol. The Labute approximate surface area is 181 Å². The van der Waals surface area contributed by atoms with Crippen molar-refractivity contribution in [1.82, 2.24) is 19.7 Å². The number of rotatable bonds is 3. The van der Waals surface area contributed by atoms with Gasteiger partial charge in [-0.1, -0.05) is 11.8 Å². The summed E-state index contributed by atoms with van der Waals surface area (Å²) in [4.78, 5) is 19.3. The molecule has 1 amide bonds. The highest BCUT2D eigenvalue weighted by molar-refractivity contribution is 7.99. The number of carbonyl (C=O) groups excluding carboxylic acids is 1. The molecule has 0 unspecified atom stereocenters. The molecule has 158 valence electrons. The maximum Gasteiger partial charge on any atom is 0.237 e. The van der Waals surface area contributed by atoms with Gasteiger partial charge in [-0.2, -0.15) is 0 Å². The minimum Gasteiger partial charge on any atom is -0.327 e. The molecule has 0 N–H and O–H groups in total. The minimum atomic E-state index is -0.346. The molecule has 3 heterocycles. The zero-order chi connectivity index (χ0) is 21.7. The monoisotopic (exact) mass is 439 g/mol. The summed E-state index contributed by atoms with van der Waals surface area (Å²) in [5.41, 5.74) is 3.52. The lowest BCUT2D eigenvalue weighted by molar-refractivity contribution is -0.116. The fraction of sp³-hybridized carbons (Fsp3) is 0.273. The van der Waals surface area contributed by atoms with Crippen molar-refractivity contribution in [2.24, 2.45) is 7.05 Å². The molecule has 0 fully saturated rings. The smallest absolute Gasteiger partial charge is 0.237 e. The van der Waals surface area contributed by atoms with Crippen LogP contribution >= 0.6 is 11.8 Å². The van der Waals surface area contributed by atoms with Gasteiger partial charge in [0.15, 0.2) is 5.65 Å². The number of aromatic nitrogens is 4. The largest absolute Gasteiger partial charge is 0.327 e. The summed E-state index contributed by atoms with van der Waals surface area (Å²) in [6.07, 6.45) is 1.53. The molecule has 4 aromatic rings. The summed E-state index contributed by atoms with van der Waals surface area (Å²) in [7, 11) is 1.84. The number of hydrogen-bond acceptors (Lipinski definition) is 5. The highest BCUT2D eigenvalue weighted by Crippen LogP contribution is 2.32. The first kappa shape index (κ1) is 19.9. The molecule has 1 aliphatic heterocycles. The summed E-state index contributed by atoms with van der Waals surface area (Å²) in [5.74, 6) is -0.598. The zero-order valence-electron chi connectivity index (χ0n) is 17.0. The van der Waals surface area contributed by atoms with Crippen LogP contribution in [0.2, 0.25) is 0 Å². The van der Waals surface area contributed by atoms with E-state index in [0.717, 1.165) is 29.6 Å². The molecule has 6 nitrogen and oxygen atoms in total. The maximum absolute atomic E-state index is 13.7. The van der Waals surface area contributed by atoms with Crippen LogP contribution in [-0.4, -0.2) is 37.5 Å². The van der Waals surface area contributed by atoms with E-state index in [4.69, 9.17) is 0 Å². The molecule has 0 saturated carbocycles. The first-order valence-electron chi connectivity index (χ1n) is 9.94. The van der Waals surface area contributed by atoms with E-state index in [-0.39, 0.29) is 29.3 Å². The van der Waals surface area contributed by atoms with Gasteiger partial charge in [0.1, 0.15) is 17.2 Å². The van der Waals surface area contributed by atoms with Crippen molar-refractivity contribution in [2.45, 2.75) is 31.0 Å². The van der Waals surface area contributed by atoms with E-state index in [9.17, 15) is 13.6 Å². The Kier molecular flexibility index (Phi) is 4.85. The molecule has 0 aliphatic carbocycles. The number of fused-ring (bicyclic) bond motifs is 4. The van der Waals surface area contributed by atoms with Crippen molar-refractivity contribution in [1.29, 1.82) is 0 Å². The van der Waals surface area contributed by atoms with E-state index in [2.05, 4.69) is 15.2 Å². The fourth-order valence-corrected chi connectivity index (χ4v) is 4.81. The average Bonchev–Trinajstić information content (AvgIpc) is 3.03. The second kappa shape index (κ2) is 7.56. The van der Waals surface area contributed by atoms with Gasteiger partial charge >= 0.3 is 0 Å². The molecule has 2 aromatic carbocycles. The predicted octanol–water partition coefficient (Wildman–Crippen LogP) is 4.25. The van der Waals surface area contributed by atoms with Gasteiger partial charge in [-0.05, 0) is 61.7 Å². The van der Waals surface area contributed by atoms with Gasteiger partial charge in [0.25, 0.3) is 0 Å². The first-order chi connectivity index (χ1) is 14.9. The van der Waals surface area contributed by atoms with Gasteiger partial charge in [0, 0.05) is 24.2 Å². The molecule has 0 spiro atoms. The molecule has 2 aromatic heterocycles. The standard InChI is InChI=1S/C22H19F2N5OS/c1-12-3-4-13-9-14(23)5-7-17(13)29(12)19(30)11-31-22-25-21-20(26-27-22)16-10-15(24)6-8-18(16)28(21)2/h5-10,12H,3-4,11H2,1-2H3/t12-/m0/s1. The molecule has 0 bridgehead atoms. The molecule has 5 rings (SSSR count). The van der Waals surface area contributed by atoms with Crippen LogP contribution in [0.3, 0.4) is 0 Å². The van der Waals surface area contributed by atoms with E-state index in [1.165, 1.54) is 36.0 Å².